The predicted molar refractivity (Wildman–Crippen MR) is 66.4 cm³/mol. The predicted octanol–water partition coefficient (Wildman–Crippen LogP) is 2.51. The molecule has 0 aliphatic carbocycles. The summed E-state index contributed by atoms with van der Waals surface area (Å²) >= 11 is 6.03. The molecule has 0 radical (unpaired) electrons. The number of para-hydroxylation sites is 1. The van der Waals surface area contributed by atoms with Gasteiger partial charge in [-0.3, -0.25) is 0 Å². The van der Waals surface area contributed by atoms with Gasteiger partial charge in [-0.25, -0.2) is 10.2 Å². The summed E-state index contributed by atoms with van der Waals surface area (Å²) in [5, 5.41) is 5.15. The molecule has 2 rings (SSSR count). The normalized spacial score (nSPS) is 10.9. The summed E-state index contributed by atoms with van der Waals surface area (Å²) in [6, 6.07) is 7.63. The number of H-pyrrole nitrogens is 1. The van der Waals surface area contributed by atoms with Crippen LogP contribution in [0.15, 0.2) is 29.4 Å². The van der Waals surface area contributed by atoms with Crippen LogP contribution in [0.2, 0.25) is 5.15 Å². The van der Waals surface area contributed by atoms with Gasteiger partial charge in [0, 0.05) is 16.5 Å². The maximum absolute atomic E-state index is 10.8. The molecular formula is C11H10ClN3O2. The highest BCUT2D eigenvalue weighted by molar-refractivity contribution is 6.34. The van der Waals surface area contributed by atoms with E-state index in [0.29, 0.717) is 5.15 Å². The number of benzene rings is 1. The van der Waals surface area contributed by atoms with E-state index in [0.717, 1.165) is 16.5 Å². The lowest BCUT2D eigenvalue weighted by Gasteiger charge is -1.95. The maximum Gasteiger partial charge on any atom is 0.427 e. The Morgan fingerprint density at radius 1 is 1.53 bits per heavy atom. The molecule has 88 valence electrons. The lowest BCUT2D eigenvalue weighted by molar-refractivity contribution is 0.171. The zero-order valence-electron chi connectivity index (χ0n) is 9.03. The van der Waals surface area contributed by atoms with Gasteiger partial charge in [0.2, 0.25) is 0 Å². The Morgan fingerprint density at radius 3 is 3.06 bits per heavy atom. The van der Waals surface area contributed by atoms with E-state index in [-0.39, 0.29) is 0 Å². The number of carbonyl (C=O) groups is 1. The van der Waals surface area contributed by atoms with E-state index in [1.807, 2.05) is 24.3 Å². The Morgan fingerprint density at radius 2 is 2.29 bits per heavy atom. The second-order valence-electron chi connectivity index (χ2n) is 3.26. The van der Waals surface area contributed by atoms with E-state index in [9.17, 15) is 4.79 Å². The molecule has 1 aromatic heterocycles. The van der Waals surface area contributed by atoms with Gasteiger partial charge in [0.25, 0.3) is 0 Å². The van der Waals surface area contributed by atoms with Gasteiger partial charge in [0.15, 0.2) is 0 Å². The lowest BCUT2D eigenvalue weighted by Crippen LogP contribution is -2.16. The van der Waals surface area contributed by atoms with Crippen LogP contribution >= 0.6 is 11.6 Å². The van der Waals surface area contributed by atoms with Gasteiger partial charge in [-0.1, -0.05) is 29.8 Å². The molecule has 0 fully saturated rings. The number of aromatic amines is 1. The third kappa shape index (κ3) is 2.39. The molecular weight excluding hydrogens is 242 g/mol. The van der Waals surface area contributed by atoms with Crippen LogP contribution in [-0.4, -0.2) is 24.4 Å². The lowest BCUT2D eigenvalue weighted by atomic mass is 10.2. The van der Waals surface area contributed by atoms with E-state index >= 15 is 0 Å². The maximum atomic E-state index is 10.8. The molecule has 6 heteroatoms. The van der Waals surface area contributed by atoms with Crippen molar-refractivity contribution >= 4 is 34.8 Å². The standard InChI is InChI=1S/C11H10ClN3O2/c1-17-11(16)15-13-6-8-7-4-2-3-5-9(7)14-10(8)12/h2-6,14H,1H3,(H,15,16)/b13-6+. The molecule has 0 atom stereocenters. The largest absolute Gasteiger partial charge is 0.452 e. The Labute approximate surface area is 102 Å². The number of nitrogens with zero attached hydrogens (tertiary/aromatic N) is 1. The molecule has 2 N–H and O–H groups in total. The first-order valence-electron chi connectivity index (χ1n) is 4.85. The van der Waals surface area contributed by atoms with E-state index in [2.05, 4.69) is 20.2 Å². The van der Waals surface area contributed by atoms with E-state index in [1.165, 1.54) is 13.3 Å². The molecule has 0 bridgehead atoms. The number of hydrogen-bond donors (Lipinski definition) is 2. The summed E-state index contributed by atoms with van der Waals surface area (Å²) < 4.78 is 4.38. The SMILES string of the molecule is COC(=O)N/N=C/c1c(Cl)[nH]c2ccccc12. The zero-order valence-corrected chi connectivity index (χ0v) is 9.78. The fourth-order valence-corrected chi connectivity index (χ4v) is 1.70. The molecule has 1 heterocycles. The Kier molecular flexibility index (Phi) is 3.30. The summed E-state index contributed by atoms with van der Waals surface area (Å²) in [6.07, 6.45) is 0.843. The van der Waals surface area contributed by atoms with Crippen molar-refractivity contribution in [1.82, 2.24) is 10.4 Å². The highest BCUT2D eigenvalue weighted by Crippen LogP contribution is 2.23. The fourth-order valence-electron chi connectivity index (χ4n) is 1.45. The van der Waals surface area contributed by atoms with E-state index in [4.69, 9.17) is 11.6 Å². The number of halogens is 1. The minimum absolute atomic E-state index is 0.474. The third-order valence-electron chi connectivity index (χ3n) is 2.23. The van der Waals surface area contributed by atoms with Gasteiger partial charge in [0.05, 0.1) is 13.3 Å². The number of hydrogen-bond acceptors (Lipinski definition) is 3. The highest BCUT2D eigenvalue weighted by Gasteiger charge is 2.06. The first-order chi connectivity index (χ1) is 8.22. The van der Waals surface area contributed by atoms with Gasteiger partial charge >= 0.3 is 6.09 Å². The van der Waals surface area contributed by atoms with Crippen LogP contribution in [0.4, 0.5) is 4.79 Å². The second-order valence-corrected chi connectivity index (χ2v) is 3.64. The van der Waals surface area contributed by atoms with Crippen LogP contribution < -0.4 is 5.43 Å². The van der Waals surface area contributed by atoms with Crippen LogP contribution in [0, 0.1) is 0 Å². The van der Waals surface area contributed by atoms with Crippen molar-refractivity contribution in [3.63, 3.8) is 0 Å². The van der Waals surface area contributed by atoms with Crippen molar-refractivity contribution in [2.75, 3.05) is 7.11 Å². The molecule has 0 aliphatic heterocycles. The number of ether oxygens (including phenoxy) is 1. The van der Waals surface area contributed by atoms with Crippen molar-refractivity contribution in [3.05, 3.63) is 35.0 Å². The molecule has 0 saturated heterocycles. The van der Waals surface area contributed by atoms with Crippen molar-refractivity contribution in [2.24, 2.45) is 5.10 Å². The Hall–Kier alpha value is -2.01. The number of nitrogens with one attached hydrogen (secondary N) is 2. The van der Waals surface area contributed by atoms with Gasteiger partial charge in [-0.15, -0.1) is 0 Å². The average molecular weight is 252 g/mol. The minimum Gasteiger partial charge on any atom is -0.452 e. The van der Waals surface area contributed by atoms with Crippen LogP contribution in [0.1, 0.15) is 5.56 Å². The third-order valence-corrected chi connectivity index (χ3v) is 2.53. The molecule has 1 amide bonds. The van der Waals surface area contributed by atoms with Crippen LogP contribution in [0.3, 0.4) is 0 Å². The summed E-state index contributed by atoms with van der Waals surface area (Å²) in [4.78, 5) is 13.8. The number of fused-ring (bicyclic) bond motifs is 1. The fraction of sp³-hybridized carbons (Fsp3) is 0.0909. The monoisotopic (exact) mass is 251 g/mol. The minimum atomic E-state index is -0.628. The second kappa shape index (κ2) is 4.88. The van der Waals surface area contributed by atoms with Gasteiger partial charge in [0.1, 0.15) is 5.15 Å². The number of aromatic nitrogens is 1. The van der Waals surface area contributed by atoms with Crippen LogP contribution in [-0.2, 0) is 4.74 Å². The van der Waals surface area contributed by atoms with Crippen LogP contribution in [0.5, 0.6) is 0 Å². The summed E-state index contributed by atoms with van der Waals surface area (Å²) in [7, 11) is 1.27. The Balaban J connectivity index is 2.29. The number of hydrazone groups is 1. The number of amides is 1. The van der Waals surface area contributed by atoms with Gasteiger partial charge in [-0.2, -0.15) is 5.10 Å². The number of carbonyl (C=O) groups excluding carboxylic acids is 1. The molecule has 0 saturated carbocycles. The highest BCUT2D eigenvalue weighted by atomic mass is 35.5. The molecule has 0 spiro atoms. The molecule has 1 aromatic carbocycles. The smallest absolute Gasteiger partial charge is 0.427 e. The first kappa shape index (κ1) is 11.5. The van der Waals surface area contributed by atoms with Crippen molar-refractivity contribution < 1.29 is 9.53 Å². The summed E-state index contributed by atoms with van der Waals surface area (Å²) in [6.45, 7) is 0. The van der Waals surface area contributed by atoms with Gasteiger partial charge in [-0.05, 0) is 6.07 Å². The number of rotatable bonds is 2. The average Bonchev–Trinajstić information content (AvgIpc) is 2.66. The number of methoxy groups -OCH3 is 1. The van der Waals surface area contributed by atoms with Crippen LogP contribution in [0.25, 0.3) is 10.9 Å². The van der Waals surface area contributed by atoms with Gasteiger partial charge < -0.3 is 9.72 Å². The molecule has 5 nitrogen and oxygen atoms in total. The molecule has 17 heavy (non-hydrogen) atoms. The van der Waals surface area contributed by atoms with Crippen molar-refractivity contribution in [1.29, 1.82) is 0 Å². The topological polar surface area (TPSA) is 66.5 Å². The quantitative estimate of drug-likeness (QED) is 0.636. The van der Waals surface area contributed by atoms with Crippen molar-refractivity contribution in [3.8, 4) is 0 Å². The first-order valence-corrected chi connectivity index (χ1v) is 5.23. The molecule has 0 unspecified atom stereocenters. The zero-order chi connectivity index (χ0) is 12.3. The summed E-state index contributed by atoms with van der Waals surface area (Å²) in [5.41, 5.74) is 3.83. The molecule has 2 aromatic rings. The molecule has 0 aliphatic rings. The summed E-state index contributed by atoms with van der Waals surface area (Å²) in [5.74, 6) is 0. The van der Waals surface area contributed by atoms with E-state index < -0.39 is 6.09 Å². The van der Waals surface area contributed by atoms with E-state index in [1.54, 1.807) is 0 Å². The Bertz CT molecular complexity index is 577. The van der Waals surface area contributed by atoms with Crippen molar-refractivity contribution in [2.45, 2.75) is 0 Å².